The Kier molecular flexibility index (Phi) is 6.49. The molecule has 0 fully saturated rings. The molecule has 0 aliphatic heterocycles. The van der Waals surface area contributed by atoms with Gasteiger partial charge in [-0.2, -0.15) is 0 Å². The zero-order valence-corrected chi connectivity index (χ0v) is 14.2. The van der Waals surface area contributed by atoms with Gasteiger partial charge in [0.15, 0.2) is 0 Å². The molecule has 0 spiro atoms. The normalized spacial score (nSPS) is 10.5. The maximum absolute atomic E-state index is 11.2. The first-order valence-electron chi connectivity index (χ1n) is 5.88. The van der Waals surface area contributed by atoms with Crippen LogP contribution in [-0.4, -0.2) is 39.7 Å². The second-order valence-electron chi connectivity index (χ2n) is 3.94. The first-order valence-corrected chi connectivity index (χ1v) is 7.58. The fourth-order valence-electron chi connectivity index (χ4n) is 1.53. The van der Waals surface area contributed by atoms with Crippen LogP contribution in [-0.2, 0) is 24.1 Å². The van der Waals surface area contributed by atoms with E-state index >= 15 is 0 Å². The van der Waals surface area contributed by atoms with Gasteiger partial charge >= 0.3 is 123 Å². The average Bonchev–Trinajstić information content (AvgIpc) is 2.35. The van der Waals surface area contributed by atoms with Crippen molar-refractivity contribution in [3.8, 4) is 0 Å². The Bertz CT molecular complexity index is 489. The number of aryl methyl sites for hydroxylation is 1. The van der Waals surface area contributed by atoms with Crippen LogP contribution in [0.2, 0.25) is 0 Å². The van der Waals surface area contributed by atoms with E-state index in [1.807, 2.05) is 24.8 Å². The van der Waals surface area contributed by atoms with Crippen LogP contribution in [0.5, 0.6) is 0 Å². The quantitative estimate of drug-likeness (QED) is 0.515. The summed E-state index contributed by atoms with van der Waals surface area (Å²) in [6.45, 7) is 6.53. The molecule has 1 rings (SSSR count). The van der Waals surface area contributed by atoms with Crippen molar-refractivity contribution in [2.75, 3.05) is 23.3 Å². The minimum atomic E-state index is 0.109. The summed E-state index contributed by atoms with van der Waals surface area (Å²) < 4.78 is 1.75. The Balaban J connectivity index is 2.96. The predicted molar refractivity (Wildman–Crippen MR) is 73.5 cm³/mol. The molecule has 0 saturated heterocycles. The molecular weight excluding hydrogens is 414 g/mol. The summed E-state index contributed by atoms with van der Waals surface area (Å²) in [5.41, 5.74) is 0.842. The number of Topliss-reactive ketones (excluding diaryl/α,β-unsaturated/α-hetero) is 1. The van der Waals surface area contributed by atoms with E-state index in [1.54, 1.807) is 17.8 Å². The molecule has 0 aliphatic carbocycles. The van der Waals surface area contributed by atoms with Crippen molar-refractivity contribution in [2.45, 2.75) is 20.8 Å². The zero-order chi connectivity index (χ0) is 14.3. The van der Waals surface area contributed by atoms with Gasteiger partial charge in [-0.3, -0.25) is 0 Å². The third kappa shape index (κ3) is 5.39. The SMILES string of the molecule is CCN(CC(C)=O)c1cc(C)nc(NC=N[CH]=[W])n1. The van der Waals surface area contributed by atoms with Crippen molar-refractivity contribution >= 4 is 28.4 Å². The summed E-state index contributed by atoms with van der Waals surface area (Å²) in [6.07, 6.45) is 1.55. The van der Waals surface area contributed by atoms with Crippen molar-refractivity contribution in [1.29, 1.82) is 0 Å². The molecular formula is C12H17N5OW. The van der Waals surface area contributed by atoms with Crippen LogP contribution >= 0.6 is 0 Å². The molecule has 0 unspecified atom stereocenters. The van der Waals surface area contributed by atoms with Gasteiger partial charge in [0.05, 0.1) is 0 Å². The maximum atomic E-state index is 11.2. The molecule has 0 saturated carbocycles. The molecule has 1 aromatic heterocycles. The van der Waals surface area contributed by atoms with Gasteiger partial charge in [0, 0.05) is 0 Å². The number of hydrogen-bond acceptors (Lipinski definition) is 5. The third-order valence-corrected chi connectivity index (χ3v) is 2.73. The molecule has 19 heavy (non-hydrogen) atoms. The zero-order valence-electron chi connectivity index (χ0n) is 11.3. The number of carbonyl (C=O) groups is 1. The number of anilines is 2. The standard InChI is InChI=1S/C12H17N5O.W/c1-5-17(7-10(3)18)11-6-9(2)15-12(16-11)14-8-13-4;/h4,6,8H,5,7H2,1-3H3,(H,14,15,16);. The molecule has 0 amide bonds. The van der Waals surface area contributed by atoms with Crippen LogP contribution in [0, 0.1) is 6.92 Å². The van der Waals surface area contributed by atoms with Gasteiger partial charge in [0.25, 0.3) is 0 Å². The first-order chi connectivity index (χ1) is 9.06. The molecule has 1 heterocycles. The summed E-state index contributed by atoms with van der Waals surface area (Å²) in [4.78, 5) is 25.8. The number of ketones is 1. The second-order valence-corrected chi connectivity index (χ2v) is 4.69. The van der Waals surface area contributed by atoms with E-state index < -0.39 is 0 Å². The summed E-state index contributed by atoms with van der Waals surface area (Å²) in [7, 11) is 0. The monoisotopic (exact) mass is 431 g/mol. The summed E-state index contributed by atoms with van der Waals surface area (Å²) in [6, 6.07) is 1.87. The van der Waals surface area contributed by atoms with Crippen LogP contribution in [0.1, 0.15) is 19.5 Å². The number of likely N-dealkylation sites (N-methyl/N-ethyl adjacent to an activating group) is 1. The van der Waals surface area contributed by atoms with E-state index in [1.165, 1.54) is 19.4 Å². The van der Waals surface area contributed by atoms with E-state index in [4.69, 9.17) is 0 Å². The molecule has 1 aromatic rings. The van der Waals surface area contributed by atoms with Crippen molar-refractivity contribution < 1.29 is 24.1 Å². The van der Waals surface area contributed by atoms with Crippen molar-refractivity contribution in [2.24, 2.45) is 4.99 Å². The van der Waals surface area contributed by atoms with Crippen LogP contribution in [0.3, 0.4) is 0 Å². The van der Waals surface area contributed by atoms with Gasteiger partial charge in [-0.1, -0.05) is 0 Å². The fourth-order valence-corrected chi connectivity index (χ4v) is 1.75. The van der Waals surface area contributed by atoms with E-state index in [2.05, 4.69) is 20.3 Å². The molecule has 0 radical (unpaired) electrons. The third-order valence-electron chi connectivity index (χ3n) is 2.29. The van der Waals surface area contributed by atoms with Crippen molar-refractivity contribution in [1.82, 2.24) is 9.97 Å². The van der Waals surface area contributed by atoms with Crippen LogP contribution in [0.15, 0.2) is 11.1 Å². The second kappa shape index (κ2) is 7.89. The van der Waals surface area contributed by atoms with E-state index in [0.717, 1.165) is 18.1 Å². The number of nitrogens with one attached hydrogen (secondary N) is 1. The van der Waals surface area contributed by atoms with Gasteiger partial charge < -0.3 is 0 Å². The Hall–Kier alpha value is -1.42. The van der Waals surface area contributed by atoms with E-state index in [9.17, 15) is 4.79 Å². The predicted octanol–water partition coefficient (Wildman–Crippen LogP) is 0.947. The van der Waals surface area contributed by atoms with Gasteiger partial charge in [0.1, 0.15) is 0 Å². The number of carbonyl (C=O) groups excluding carboxylic acids is 1. The summed E-state index contributed by atoms with van der Waals surface area (Å²) in [5, 5.41) is 2.92. The Morgan fingerprint density at radius 2 is 2.32 bits per heavy atom. The number of nitrogens with zero attached hydrogens (tertiary/aromatic N) is 4. The number of hydrogen-bond donors (Lipinski definition) is 1. The van der Waals surface area contributed by atoms with Crippen molar-refractivity contribution in [3.63, 3.8) is 0 Å². The summed E-state index contributed by atoms with van der Waals surface area (Å²) in [5.74, 6) is 1.34. The van der Waals surface area contributed by atoms with Gasteiger partial charge in [-0.15, -0.1) is 0 Å². The number of aliphatic imine (C=N–C) groups is 1. The van der Waals surface area contributed by atoms with Gasteiger partial charge in [0.2, 0.25) is 0 Å². The molecule has 1 N–H and O–H groups in total. The molecule has 102 valence electrons. The van der Waals surface area contributed by atoms with Crippen LogP contribution < -0.4 is 10.2 Å². The van der Waals surface area contributed by atoms with Gasteiger partial charge in [-0.25, -0.2) is 0 Å². The molecule has 0 aromatic carbocycles. The Morgan fingerprint density at radius 1 is 1.58 bits per heavy atom. The molecule has 7 heteroatoms. The van der Waals surface area contributed by atoms with Gasteiger partial charge in [-0.05, 0) is 0 Å². The molecule has 0 aliphatic rings. The van der Waals surface area contributed by atoms with Crippen LogP contribution in [0.4, 0.5) is 11.8 Å². The fraction of sp³-hybridized carbons (Fsp3) is 0.417. The Labute approximate surface area is 123 Å². The van der Waals surface area contributed by atoms with E-state index in [0.29, 0.717) is 12.5 Å². The molecule has 0 bridgehead atoms. The average molecular weight is 431 g/mol. The van der Waals surface area contributed by atoms with Crippen LogP contribution in [0.25, 0.3) is 0 Å². The first kappa shape index (κ1) is 15.6. The van der Waals surface area contributed by atoms with E-state index in [-0.39, 0.29) is 5.78 Å². The number of rotatable bonds is 7. The number of aromatic nitrogens is 2. The van der Waals surface area contributed by atoms with Crippen molar-refractivity contribution in [3.05, 3.63) is 11.8 Å². The summed E-state index contributed by atoms with van der Waals surface area (Å²) >= 11 is 1.28. The molecule has 0 atom stereocenters. The molecule has 6 nitrogen and oxygen atoms in total. The topological polar surface area (TPSA) is 70.5 Å². The Morgan fingerprint density at radius 3 is 2.89 bits per heavy atom. The minimum absolute atomic E-state index is 0.109.